The molecule has 0 aliphatic rings. The second kappa shape index (κ2) is 37.1. The first-order chi connectivity index (χ1) is 38.2. The minimum absolute atomic E-state index is 0.249. The van der Waals surface area contributed by atoms with E-state index in [2.05, 4.69) is 13.2 Å². The summed E-state index contributed by atoms with van der Waals surface area (Å²) in [5, 5.41) is 18.2. The number of hydrogen-bond donors (Lipinski definition) is 2. The van der Waals surface area contributed by atoms with Gasteiger partial charge in [0.25, 0.3) is 0 Å². The lowest BCUT2D eigenvalue weighted by atomic mass is 10.1. The zero-order valence-electron chi connectivity index (χ0n) is 49.3. The Hall–Kier alpha value is -7.94. The van der Waals surface area contributed by atoms with Crippen molar-refractivity contribution in [3.63, 3.8) is 0 Å². The van der Waals surface area contributed by atoms with Crippen LogP contribution in [0.3, 0.4) is 0 Å². The van der Waals surface area contributed by atoms with Gasteiger partial charge >= 0.3 is 35.8 Å². The lowest BCUT2D eigenvalue weighted by Crippen LogP contribution is -2.22. The van der Waals surface area contributed by atoms with E-state index in [4.69, 9.17) is 38.3 Å². The number of ether oxygens (including phenoxy) is 7. The number of hydrogen-bond acceptors (Lipinski definition) is 14. The van der Waals surface area contributed by atoms with Gasteiger partial charge in [-0.05, 0) is 202 Å². The number of carbonyl (C=O) groups excluding carboxylic acids is 5. The van der Waals surface area contributed by atoms with Gasteiger partial charge < -0.3 is 43.4 Å². The number of carboxylic acids is 1. The number of esters is 5. The van der Waals surface area contributed by atoms with Crippen molar-refractivity contribution in [2.24, 2.45) is 0 Å². The van der Waals surface area contributed by atoms with E-state index in [0.717, 1.165) is 99.3 Å². The monoisotopic (exact) mass is 1120 g/mol. The molecule has 0 aliphatic heterocycles. The second-order valence-corrected chi connectivity index (χ2v) is 21.3. The molecule has 0 fully saturated rings. The number of aromatic hydroxyl groups is 1. The smallest absolute Gasteiger partial charge is 0.343 e. The van der Waals surface area contributed by atoms with Crippen molar-refractivity contribution in [1.82, 2.24) is 0 Å². The van der Waals surface area contributed by atoms with Crippen molar-refractivity contribution in [3.8, 4) is 23.0 Å². The van der Waals surface area contributed by atoms with Crippen LogP contribution < -0.4 is 14.2 Å². The first kappa shape index (κ1) is 69.2. The normalized spacial score (nSPS) is 11.0. The van der Waals surface area contributed by atoms with E-state index in [0.29, 0.717) is 60.4 Å². The molecular weight excluding hydrogens is 1030 g/mol. The number of carbonyl (C=O) groups is 6. The maximum Gasteiger partial charge on any atom is 0.343 e. The quantitative estimate of drug-likeness (QED) is 0.0170. The van der Waals surface area contributed by atoms with Crippen LogP contribution in [0.4, 0.5) is 0 Å². The maximum atomic E-state index is 12.6. The lowest BCUT2D eigenvalue weighted by Gasteiger charge is -2.17. The molecule has 0 atom stereocenters. The summed E-state index contributed by atoms with van der Waals surface area (Å²) >= 11 is 0. The molecule has 0 saturated heterocycles. The van der Waals surface area contributed by atoms with Crippen LogP contribution >= 0.6 is 0 Å². The zero-order valence-corrected chi connectivity index (χ0v) is 49.3. The van der Waals surface area contributed by atoms with Crippen LogP contribution in [0.1, 0.15) is 175 Å². The minimum atomic E-state index is -0.934. The predicted molar refractivity (Wildman–Crippen MR) is 317 cm³/mol. The van der Waals surface area contributed by atoms with Crippen LogP contribution in [0.5, 0.6) is 23.0 Å². The lowest BCUT2D eigenvalue weighted by molar-refractivity contribution is -0.149. The van der Waals surface area contributed by atoms with Gasteiger partial charge in [0, 0.05) is 23.3 Å². The van der Waals surface area contributed by atoms with Crippen LogP contribution in [-0.4, -0.2) is 83.7 Å². The Balaban J connectivity index is 0.000000461. The number of phenols is 1. The summed E-state index contributed by atoms with van der Waals surface area (Å²) in [6.45, 7) is 27.1. The fourth-order valence-corrected chi connectivity index (χ4v) is 6.99. The number of benzene rings is 4. The summed E-state index contributed by atoms with van der Waals surface area (Å²) < 4.78 is 37.5. The number of carboxylic acid groups (broad SMARTS) is 1. The standard InChI is InChI=1S/C33H42O7.C19H26O5.C14H18O3/c1-24(2)31(35)38-22-12-10-8-7-9-11-21-37-28-17-15-27(16-18-28)32(36)39-29-19-13-26(23-25(29)3)14-20-30(34)40-33(4,5)6;1-15(2)19(22)24-14-8-6-4-3-5-7-13-23-17-11-9-16(10-12-17)18(20)21;1-10-9-11(5-7-12(10)15)6-8-13(16)17-14(2,3)4/h13-20,23H,1,7-12,21-22H2,2-6H3;9-12H,1,3-8,13-14H2,2H3,(H,20,21);5-9,15H,1-4H3/b20-14+;;8-6+. The van der Waals surface area contributed by atoms with Crippen LogP contribution in [0.15, 0.2) is 121 Å². The molecule has 0 saturated carbocycles. The Morgan fingerprint density at radius 3 is 1.23 bits per heavy atom. The Labute approximate surface area is 480 Å². The Morgan fingerprint density at radius 2 is 0.864 bits per heavy atom. The summed E-state index contributed by atoms with van der Waals surface area (Å²) in [4.78, 5) is 69.1. The molecule has 0 spiro atoms. The molecule has 4 aromatic rings. The van der Waals surface area contributed by atoms with Crippen molar-refractivity contribution in [1.29, 1.82) is 0 Å². The SMILES string of the molecule is C=C(C)C(=O)OCCCCCCCCOc1ccc(C(=O)O)cc1.C=C(C)C(=O)OCCCCCCCCOc1ccc(C(=O)Oc2ccc(/C=C/C(=O)OC(C)(C)C)cc2C)cc1.Cc1cc(/C=C/C(=O)OC(C)(C)C)ccc1O. The van der Waals surface area contributed by atoms with Crippen molar-refractivity contribution in [2.45, 2.75) is 157 Å². The average Bonchev–Trinajstić information content (AvgIpc) is 3.39. The molecule has 15 heteroatoms. The molecule has 4 rings (SSSR count). The third-order valence-electron chi connectivity index (χ3n) is 11.2. The van der Waals surface area contributed by atoms with Crippen molar-refractivity contribution < 1.29 is 72.1 Å². The van der Waals surface area contributed by atoms with E-state index in [1.165, 1.54) is 12.2 Å². The Bertz CT molecular complexity index is 2700. The Morgan fingerprint density at radius 1 is 0.494 bits per heavy atom. The van der Waals surface area contributed by atoms with E-state index in [9.17, 15) is 33.9 Å². The molecule has 0 amide bonds. The van der Waals surface area contributed by atoms with E-state index in [1.807, 2.05) is 54.5 Å². The molecule has 81 heavy (non-hydrogen) atoms. The molecular formula is C66H86O15. The molecule has 0 aliphatic carbocycles. The van der Waals surface area contributed by atoms with Gasteiger partial charge in [0.2, 0.25) is 0 Å². The molecule has 440 valence electrons. The van der Waals surface area contributed by atoms with E-state index < -0.39 is 29.1 Å². The average molecular weight is 1120 g/mol. The van der Waals surface area contributed by atoms with E-state index >= 15 is 0 Å². The third kappa shape index (κ3) is 32.7. The summed E-state index contributed by atoms with van der Waals surface area (Å²) in [7, 11) is 0. The number of rotatable bonds is 29. The highest BCUT2D eigenvalue weighted by Gasteiger charge is 2.16. The summed E-state index contributed by atoms with van der Waals surface area (Å²) in [6, 6.07) is 23.8. The molecule has 0 bridgehead atoms. The van der Waals surface area contributed by atoms with Gasteiger partial charge in [0.15, 0.2) is 0 Å². The highest BCUT2D eigenvalue weighted by atomic mass is 16.6. The van der Waals surface area contributed by atoms with E-state index in [1.54, 1.807) is 112 Å². The van der Waals surface area contributed by atoms with Gasteiger partial charge in [-0.15, -0.1) is 0 Å². The molecule has 2 N–H and O–H groups in total. The molecule has 0 heterocycles. The zero-order chi connectivity index (χ0) is 60.4. The fourth-order valence-electron chi connectivity index (χ4n) is 6.99. The van der Waals surface area contributed by atoms with Crippen LogP contribution in [0, 0.1) is 13.8 Å². The van der Waals surface area contributed by atoms with Gasteiger partial charge in [-0.2, -0.15) is 0 Å². The minimum Gasteiger partial charge on any atom is -0.508 e. The van der Waals surface area contributed by atoms with Gasteiger partial charge in [-0.3, -0.25) is 0 Å². The van der Waals surface area contributed by atoms with Crippen molar-refractivity contribution in [3.05, 3.63) is 155 Å². The summed E-state index contributed by atoms with van der Waals surface area (Å²) in [5.41, 5.74) is 3.72. The largest absolute Gasteiger partial charge is 0.508 e. The van der Waals surface area contributed by atoms with Crippen LogP contribution in [0.2, 0.25) is 0 Å². The summed E-state index contributed by atoms with van der Waals surface area (Å²) in [6.07, 6.45) is 18.4. The molecule has 15 nitrogen and oxygen atoms in total. The molecule has 0 aromatic heterocycles. The summed E-state index contributed by atoms with van der Waals surface area (Å²) in [5.74, 6) is -0.724. The first-order valence-corrected chi connectivity index (χ1v) is 27.5. The number of aromatic carboxylic acids is 1. The topological polar surface area (TPSA) is 207 Å². The van der Waals surface area contributed by atoms with Gasteiger partial charge in [0.1, 0.15) is 34.2 Å². The molecule has 0 unspecified atom stereocenters. The van der Waals surface area contributed by atoms with Crippen molar-refractivity contribution >= 4 is 48.0 Å². The highest BCUT2D eigenvalue weighted by Crippen LogP contribution is 2.23. The van der Waals surface area contributed by atoms with Gasteiger partial charge in [-0.1, -0.05) is 76.7 Å². The number of aryl methyl sites for hydroxylation is 2. The third-order valence-corrected chi connectivity index (χ3v) is 11.2. The molecule has 4 aromatic carbocycles. The molecule has 0 radical (unpaired) electrons. The Kier molecular flexibility index (Phi) is 31.7. The predicted octanol–water partition coefficient (Wildman–Crippen LogP) is 14.7. The van der Waals surface area contributed by atoms with Gasteiger partial charge in [0.05, 0.1) is 37.6 Å². The van der Waals surface area contributed by atoms with E-state index in [-0.39, 0.29) is 29.2 Å². The highest BCUT2D eigenvalue weighted by molar-refractivity contribution is 5.92. The van der Waals surface area contributed by atoms with Crippen LogP contribution in [0.25, 0.3) is 12.2 Å². The number of phenolic OH excluding ortho intramolecular Hbond substituents is 1. The van der Waals surface area contributed by atoms with Crippen LogP contribution in [-0.2, 0) is 38.1 Å². The first-order valence-electron chi connectivity index (χ1n) is 27.5. The van der Waals surface area contributed by atoms with Crippen molar-refractivity contribution in [2.75, 3.05) is 26.4 Å². The fraction of sp³-hybridized carbons (Fsp3) is 0.424. The number of unbranched alkanes of at least 4 members (excludes halogenated alkanes) is 10. The second-order valence-electron chi connectivity index (χ2n) is 21.3. The van der Waals surface area contributed by atoms with Gasteiger partial charge in [-0.25, -0.2) is 28.8 Å². The maximum absolute atomic E-state index is 12.6.